The Balaban J connectivity index is 1.23. The molecule has 0 aliphatic heterocycles. The van der Waals surface area contributed by atoms with Crippen LogP contribution in [0.15, 0.2) is 206 Å². The number of fused-ring (bicyclic) bond motifs is 6. The molecule has 0 bridgehead atoms. The number of aromatic nitrogens is 1. The van der Waals surface area contributed by atoms with E-state index >= 15 is 0 Å². The molecular weight excluding hydrogens is 629 g/mol. The smallest absolute Gasteiger partial charge is 0.0625 e. The lowest BCUT2D eigenvalue weighted by molar-refractivity contribution is 1.19. The van der Waals surface area contributed by atoms with Crippen molar-refractivity contribution in [3.8, 4) is 27.9 Å². The third kappa shape index (κ3) is 4.96. The number of benzene rings is 9. The van der Waals surface area contributed by atoms with E-state index in [2.05, 4.69) is 216 Å². The van der Waals surface area contributed by atoms with Gasteiger partial charge >= 0.3 is 0 Å². The van der Waals surface area contributed by atoms with Gasteiger partial charge < -0.3 is 9.47 Å². The summed E-state index contributed by atoms with van der Waals surface area (Å²) in [5, 5.41) is 7.47. The maximum Gasteiger partial charge on any atom is 0.0625 e. The first-order valence-electron chi connectivity index (χ1n) is 17.9. The molecule has 2 heteroatoms. The highest BCUT2D eigenvalue weighted by molar-refractivity contribution is 6.24. The minimum absolute atomic E-state index is 1.12. The van der Waals surface area contributed by atoms with Gasteiger partial charge in [0.2, 0.25) is 0 Å². The van der Waals surface area contributed by atoms with Crippen LogP contribution in [-0.4, -0.2) is 4.57 Å². The maximum atomic E-state index is 2.48. The molecule has 0 aliphatic rings. The van der Waals surface area contributed by atoms with Gasteiger partial charge in [0.05, 0.1) is 11.0 Å². The van der Waals surface area contributed by atoms with E-state index in [9.17, 15) is 0 Å². The van der Waals surface area contributed by atoms with E-state index in [4.69, 9.17) is 0 Å². The number of hydrogen-bond donors (Lipinski definition) is 0. The van der Waals surface area contributed by atoms with Gasteiger partial charge in [-0.3, -0.25) is 0 Å². The Kier molecular flexibility index (Phi) is 7.18. The van der Waals surface area contributed by atoms with Crippen molar-refractivity contribution < 1.29 is 0 Å². The lowest BCUT2D eigenvalue weighted by Crippen LogP contribution is -2.09. The fourth-order valence-electron chi connectivity index (χ4n) is 7.99. The van der Waals surface area contributed by atoms with Crippen molar-refractivity contribution in [2.24, 2.45) is 0 Å². The van der Waals surface area contributed by atoms with E-state index in [0.29, 0.717) is 0 Å². The van der Waals surface area contributed by atoms with Gasteiger partial charge in [0, 0.05) is 38.9 Å². The summed E-state index contributed by atoms with van der Waals surface area (Å²) in [6, 6.07) is 74.6. The van der Waals surface area contributed by atoms with Crippen molar-refractivity contribution in [2.75, 3.05) is 4.90 Å². The van der Waals surface area contributed by atoms with Crippen molar-refractivity contribution >= 4 is 60.4 Å². The molecule has 244 valence electrons. The van der Waals surface area contributed by atoms with Gasteiger partial charge in [-0.25, -0.2) is 0 Å². The van der Waals surface area contributed by atoms with Gasteiger partial charge in [0.15, 0.2) is 0 Å². The average Bonchev–Trinajstić information content (AvgIpc) is 3.57. The van der Waals surface area contributed by atoms with Gasteiger partial charge in [0.25, 0.3) is 0 Å². The van der Waals surface area contributed by atoms with E-state index in [1.807, 2.05) is 0 Å². The second-order valence-electron chi connectivity index (χ2n) is 13.4. The molecule has 0 fully saturated rings. The highest BCUT2D eigenvalue weighted by atomic mass is 15.1. The fourth-order valence-corrected chi connectivity index (χ4v) is 7.99. The molecule has 2 nitrogen and oxygen atoms in total. The maximum absolute atomic E-state index is 2.48. The average molecular weight is 663 g/mol. The normalized spacial score (nSPS) is 11.5. The van der Waals surface area contributed by atoms with Crippen LogP contribution in [0.25, 0.3) is 71.3 Å². The molecule has 0 saturated carbocycles. The monoisotopic (exact) mass is 662 g/mol. The van der Waals surface area contributed by atoms with Crippen LogP contribution < -0.4 is 4.90 Å². The molecule has 10 rings (SSSR count). The number of nitrogens with zero attached hydrogens (tertiary/aromatic N) is 2. The summed E-state index contributed by atoms with van der Waals surface area (Å²) in [5.41, 5.74) is 11.8. The van der Waals surface area contributed by atoms with Crippen LogP contribution in [0.5, 0.6) is 0 Å². The molecule has 0 aliphatic carbocycles. The number of hydrogen-bond acceptors (Lipinski definition) is 1. The highest BCUT2D eigenvalue weighted by Crippen LogP contribution is 2.45. The molecule has 1 aromatic heterocycles. The first-order chi connectivity index (χ1) is 25.8. The lowest BCUT2D eigenvalue weighted by Gasteiger charge is -2.25. The predicted molar refractivity (Wildman–Crippen MR) is 221 cm³/mol. The van der Waals surface area contributed by atoms with Crippen LogP contribution >= 0.6 is 0 Å². The zero-order valence-electron chi connectivity index (χ0n) is 28.5. The second-order valence-corrected chi connectivity index (χ2v) is 13.4. The summed E-state index contributed by atoms with van der Waals surface area (Å²) in [7, 11) is 0. The molecule has 0 unspecified atom stereocenters. The van der Waals surface area contributed by atoms with Crippen molar-refractivity contribution in [1.82, 2.24) is 4.57 Å². The number of para-hydroxylation sites is 3. The molecular formula is C50H34N2. The Morgan fingerprint density at radius 1 is 0.346 bits per heavy atom. The number of anilines is 3. The quantitative estimate of drug-likeness (QED) is 0.172. The SMILES string of the molecule is c1ccc(N(c2ccccc2)c2ccc(-c3cc4ccccc4c4c3c3ccc(-c5cccc6ccccc56)cc3n4-c3ccccc3)cc2)cc1. The van der Waals surface area contributed by atoms with E-state index in [-0.39, 0.29) is 0 Å². The highest BCUT2D eigenvalue weighted by Gasteiger charge is 2.21. The van der Waals surface area contributed by atoms with Crippen LogP contribution in [0.4, 0.5) is 17.1 Å². The zero-order chi connectivity index (χ0) is 34.4. The summed E-state index contributed by atoms with van der Waals surface area (Å²) in [6.45, 7) is 0. The second kappa shape index (κ2) is 12.5. The molecule has 10 aromatic rings. The van der Waals surface area contributed by atoms with Crippen molar-refractivity contribution in [3.05, 3.63) is 206 Å². The fraction of sp³-hybridized carbons (Fsp3) is 0. The van der Waals surface area contributed by atoms with Crippen LogP contribution in [0.2, 0.25) is 0 Å². The van der Waals surface area contributed by atoms with Crippen LogP contribution in [0, 0.1) is 0 Å². The zero-order valence-corrected chi connectivity index (χ0v) is 28.5. The van der Waals surface area contributed by atoms with Gasteiger partial charge in [-0.1, -0.05) is 146 Å². The molecule has 0 N–H and O–H groups in total. The van der Waals surface area contributed by atoms with E-state index in [1.54, 1.807) is 0 Å². The van der Waals surface area contributed by atoms with Crippen molar-refractivity contribution in [1.29, 1.82) is 0 Å². The predicted octanol–water partition coefficient (Wildman–Crippen LogP) is 13.9. The summed E-state index contributed by atoms with van der Waals surface area (Å²) in [5.74, 6) is 0. The molecule has 0 saturated heterocycles. The van der Waals surface area contributed by atoms with Crippen molar-refractivity contribution in [2.45, 2.75) is 0 Å². The Morgan fingerprint density at radius 2 is 0.904 bits per heavy atom. The molecule has 0 spiro atoms. The van der Waals surface area contributed by atoms with Crippen LogP contribution in [0.1, 0.15) is 0 Å². The first kappa shape index (κ1) is 30.0. The van der Waals surface area contributed by atoms with Gasteiger partial charge in [-0.05, 0) is 99.1 Å². The topological polar surface area (TPSA) is 8.17 Å². The molecule has 0 amide bonds. The third-order valence-electron chi connectivity index (χ3n) is 10.3. The van der Waals surface area contributed by atoms with Gasteiger partial charge in [0.1, 0.15) is 0 Å². The van der Waals surface area contributed by atoms with Gasteiger partial charge in [-0.2, -0.15) is 0 Å². The Morgan fingerprint density at radius 3 is 1.62 bits per heavy atom. The van der Waals surface area contributed by atoms with E-state index in [1.165, 1.54) is 65.6 Å². The Bertz CT molecular complexity index is 2830. The third-order valence-corrected chi connectivity index (χ3v) is 10.3. The first-order valence-corrected chi connectivity index (χ1v) is 17.9. The lowest BCUT2D eigenvalue weighted by atomic mass is 9.94. The standard InChI is InChI=1S/C50H34N2/c1-4-18-39(19-5-1)51(40-20-6-2-7-21-40)42-30-27-36(28-31-42)47-33-37-16-11-13-25-45(37)50-49(47)46-32-29-38(34-48(46)52(50)41-22-8-3-9-23-41)44-26-14-17-35-15-10-12-24-43(35)44/h1-34H. The minimum atomic E-state index is 1.12. The van der Waals surface area contributed by atoms with Gasteiger partial charge in [-0.15, -0.1) is 0 Å². The van der Waals surface area contributed by atoms with Crippen molar-refractivity contribution in [3.63, 3.8) is 0 Å². The summed E-state index contributed by atoms with van der Waals surface area (Å²) in [6.07, 6.45) is 0. The van der Waals surface area contributed by atoms with E-state index in [0.717, 1.165) is 22.7 Å². The molecule has 0 atom stereocenters. The molecule has 9 aromatic carbocycles. The molecule has 1 heterocycles. The van der Waals surface area contributed by atoms with Crippen LogP contribution in [0.3, 0.4) is 0 Å². The van der Waals surface area contributed by atoms with E-state index < -0.39 is 0 Å². The molecule has 0 radical (unpaired) electrons. The Hall–Kier alpha value is -6.90. The minimum Gasteiger partial charge on any atom is -0.311 e. The largest absolute Gasteiger partial charge is 0.311 e. The Labute approximate surface area is 303 Å². The summed E-state index contributed by atoms with van der Waals surface area (Å²) < 4.78 is 2.48. The summed E-state index contributed by atoms with van der Waals surface area (Å²) >= 11 is 0. The number of rotatable bonds is 6. The summed E-state index contributed by atoms with van der Waals surface area (Å²) in [4.78, 5) is 2.32. The molecule has 52 heavy (non-hydrogen) atoms. The van der Waals surface area contributed by atoms with Crippen LogP contribution in [-0.2, 0) is 0 Å².